The molecule has 2 aromatic carbocycles. The highest BCUT2D eigenvalue weighted by atomic mass is 79.9. The Morgan fingerprint density at radius 3 is 2.53 bits per heavy atom. The molecule has 0 radical (unpaired) electrons. The number of hydrogen-bond donors (Lipinski definition) is 1. The Hall–Kier alpha value is -3.31. The van der Waals surface area contributed by atoms with E-state index in [-0.39, 0.29) is 12.2 Å². The molecule has 0 bridgehead atoms. The number of aryl methyl sites for hydroxylation is 1. The smallest absolute Gasteiger partial charge is 0.343 e. The maximum Gasteiger partial charge on any atom is 0.343 e. The lowest BCUT2D eigenvalue weighted by Crippen LogP contribution is -2.14. The van der Waals surface area contributed by atoms with Crippen LogP contribution >= 0.6 is 15.9 Å². The minimum Gasteiger partial charge on any atom is -0.490 e. The predicted molar refractivity (Wildman–Crippen MR) is 116 cm³/mol. The molecule has 0 aliphatic rings. The molecule has 7 nitrogen and oxygen atoms in total. The highest BCUT2D eigenvalue weighted by molar-refractivity contribution is 9.10. The fourth-order valence-corrected chi connectivity index (χ4v) is 2.88. The summed E-state index contributed by atoms with van der Waals surface area (Å²) in [6.45, 7) is 3.75. The number of nitrogens with one attached hydrogen (secondary N) is 1. The van der Waals surface area contributed by atoms with Crippen LogP contribution in [0.3, 0.4) is 0 Å². The maximum absolute atomic E-state index is 12.6. The zero-order chi connectivity index (χ0) is 22.1. The first-order chi connectivity index (χ1) is 14.4. The van der Waals surface area contributed by atoms with E-state index >= 15 is 0 Å². The summed E-state index contributed by atoms with van der Waals surface area (Å²) in [7, 11) is 1.27. The van der Waals surface area contributed by atoms with Gasteiger partial charge in [0, 0.05) is 10.2 Å². The number of esters is 1. The van der Waals surface area contributed by atoms with Gasteiger partial charge in [-0.1, -0.05) is 34.1 Å². The van der Waals surface area contributed by atoms with Crippen molar-refractivity contribution in [3.05, 3.63) is 57.6 Å². The first kappa shape index (κ1) is 23.0. The van der Waals surface area contributed by atoms with E-state index in [0.717, 1.165) is 5.56 Å². The average molecular weight is 473 g/mol. The normalized spacial score (nSPS) is 10.7. The van der Waals surface area contributed by atoms with Gasteiger partial charge in [0.1, 0.15) is 11.6 Å². The lowest BCUT2D eigenvalue weighted by atomic mass is 10.1. The number of benzene rings is 2. The van der Waals surface area contributed by atoms with Gasteiger partial charge in [-0.25, -0.2) is 4.79 Å². The van der Waals surface area contributed by atoms with Crippen LogP contribution in [0, 0.1) is 18.3 Å². The zero-order valence-electron chi connectivity index (χ0n) is 16.8. The number of methoxy groups -OCH3 is 1. The average Bonchev–Trinajstić information content (AvgIpc) is 2.74. The number of carbonyl (C=O) groups excluding carboxylic acids is 2. The highest BCUT2D eigenvalue weighted by Crippen LogP contribution is 2.35. The van der Waals surface area contributed by atoms with Crippen LogP contribution in [-0.2, 0) is 14.3 Å². The molecule has 2 rings (SSSR count). The van der Waals surface area contributed by atoms with E-state index in [1.165, 1.54) is 13.2 Å². The van der Waals surface area contributed by atoms with Crippen LogP contribution in [0.2, 0.25) is 0 Å². The fraction of sp³-hybridized carbons (Fsp3) is 0.227. The van der Waals surface area contributed by atoms with Crippen molar-refractivity contribution in [2.24, 2.45) is 0 Å². The Balaban J connectivity index is 2.33. The van der Waals surface area contributed by atoms with Crippen LogP contribution in [0.5, 0.6) is 11.5 Å². The molecule has 0 saturated carbocycles. The second-order valence-electron chi connectivity index (χ2n) is 6.06. The lowest BCUT2D eigenvalue weighted by molar-refractivity contribution is -0.142. The molecule has 0 heterocycles. The summed E-state index contributed by atoms with van der Waals surface area (Å²) in [5.41, 5.74) is 1.98. The van der Waals surface area contributed by atoms with Gasteiger partial charge in [-0.3, -0.25) is 4.79 Å². The standard InChI is InChI=1S/C22H21BrN2O5/c1-4-29-19-10-15(17(23)11-20(19)30-13-21(26)28-3)9-16(12-24)22(27)25-18-8-6-5-7-14(18)2/h5-11H,4,13H2,1-3H3,(H,25,27)/b16-9+. The van der Waals surface area contributed by atoms with Gasteiger partial charge in [0.2, 0.25) is 0 Å². The molecule has 0 spiro atoms. The lowest BCUT2D eigenvalue weighted by Gasteiger charge is -2.13. The van der Waals surface area contributed by atoms with Crippen LogP contribution in [0.25, 0.3) is 6.08 Å². The van der Waals surface area contributed by atoms with Crippen LogP contribution in [0.15, 0.2) is 46.4 Å². The summed E-state index contributed by atoms with van der Waals surface area (Å²) >= 11 is 3.40. The van der Waals surface area contributed by atoms with Crippen molar-refractivity contribution in [2.45, 2.75) is 13.8 Å². The Bertz CT molecular complexity index is 1010. The van der Waals surface area contributed by atoms with Crippen LogP contribution in [0.4, 0.5) is 5.69 Å². The van der Waals surface area contributed by atoms with Gasteiger partial charge < -0.3 is 19.5 Å². The van der Waals surface area contributed by atoms with Gasteiger partial charge in [-0.05, 0) is 49.2 Å². The summed E-state index contributed by atoms with van der Waals surface area (Å²) < 4.78 is 16.2. The van der Waals surface area contributed by atoms with Crippen LogP contribution in [-0.4, -0.2) is 32.2 Å². The molecule has 1 amide bonds. The zero-order valence-corrected chi connectivity index (χ0v) is 18.4. The van der Waals surface area contributed by atoms with E-state index in [4.69, 9.17) is 9.47 Å². The molecule has 8 heteroatoms. The quantitative estimate of drug-likeness (QED) is 0.350. The highest BCUT2D eigenvalue weighted by Gasteiger charge is 2.15. The molecule has 0 aromatic heterocycles. The van der Waals surface area contributed by atoms with Crippen LogP contribution < -0.4 is 14.8 Å². The number of nitrogens with zero attached hydrogens (tertiary/aromatic N) is 1. The van der Waals surface area contributed by atoms with Gasteiger partial charge in [0.05, 0.1) is 13.7 Å². The Morgan fingerprint density at radius 2 is 1.90 bits per heavy atom. The molecule has 156 valence electrons. The molecular formula is C22H21BrN2O5. The van der Waals surface area contributed by atoms with Crippen molar-refractivity contribution in [3.63, 3.8) is 0 Å². The van der Waals surface area contributed by atoms with Crippen molar-refractivity contribution in [1.29, 1.82) is 5.26 Å². The number of amides is 1. The Morgan fingerprint density at radius 1 is 1.20 bits per heavy atom. The molecule has 0 saturated heterocycles. The number of halogens is 1. The van der Waals surface area contributed by atoms with E-state index in [1.807, 2.05) is 25.1 Å². The fourth-order valence-electron chi connectivity index (χ4n) is 2.45. The first-order valence-electron chi connectivity index (χ1n) is 9.04. The van der Waals surface area contributed by atoms with Gasteiger partial charge in [-0.2, -0.15) is 5.26 Å². The Kier molecular flexibility index (Phi) is 8.44. The number of hydrogen-bond acceptors (Lipinski definition) is 6. The van der Waals surface area contributed by atoms with E-state index < -0.39 is 11.9 Å². The second kappa shape index (κ2) is 11.0. The number of rotatable bonds is 8. The SMILES string of the molecule is CCOc1cc(/C=C(\C#N)C(=O)Nc2ccccc2C)c(Br)cc1OCC(=O)OC. The topological polar surface area (TPSA) is 97.6 Å². The third-order valence-corrected chi connectivity index (χ3v) is 4.68. The van der Waals surface area contributed by atoms with Crippen molar-refractivity contribution < 1.29 is 23.8 Å². The molecule has 0 unspecified atom stereocenters. The molecule has 0 fully saturated rings. The Labute approximate surface area is 183 Å². The summed E-state index contributed by atoms with van der Waals surface area (Å²) in [4.78, 5) is 23.9. The minimum absolute atomic E-state index is 0.0790. The number of carbonyl (C=O) groups is 2. The third kappa shape index (κ3) is 6.09. The summed E-state index contributed by atoms with van der Waals surface area (Å²) in [6, 6.07) is 12.4. The molecule has 0 aliphatic heterocycles. The second-order valence-corrected chi connectivity index (χ2v) is 6.91. The van der Waals surface area contributed by atoms with Gasteiger partial charge in [-0.15, -0.1) is 0 Å². The number of anilines is 1. The molecule has 0 atom stereocenters. The molecule has 1 N–H and O–H groups in total. The van der Waals surface area contributed by atoms with Crippen molar-refractivity contribution in [3.8, 4) is 17.6 Å². The molecule has 2 aromatic rings. The first-order valence-corrected chi connectivity index (χ1v) is 9.83. The van der Waals surface area contributed by atoms with Crippen LogP contribution in [0.1, 0.15) is 18.1 Å². The predicted octanol–water partition coefficient (Wildman–Crippen LogP) is 4.25. The van der Waals surface area contributed by atoms with Gasteiger partial charge >= 0.3 is 5.97 Å². The van der Waals surface area contributed by atoms with E-state index in [0.29, 0.717) is 33.8 Å². The number of nitriles is 1. The number of ether oxygens (including phenoxy) is 3. The summed E-state index contributed by atoms with van der Waals surface area (Å²) in [5, 5.41) is 12.2. The van der Waals surface area contributed by atoms with E-state index in [1.54, 1.807) is 31.2 Å². The van der Waals surface area contributed by atoms with Crippen molar-refractivity contribution in [1.82, 2.24) is 0 Å². The summed E-state index contributed by atoms with van der Waals surface area (Å²) in [5.74, 6) is -0.360. The minimum atomic E-state index is -0.530. The molecule has 0 aliphatic carbocycles. The van der Waals surface area contributed by atoms with Gasteiger partial charge in [0.15, 0.2) is 18.1 Å². The molecule has 30 heavy (non-hydrogen) atoms. The maximum atomic E-state index is 12.6. The summed E-state index contributed by atoms with van der Waals surface area (Å²) in [6.07, 6.45) is 1.45. The third-order valence-electron chi connectivity index (χ3n) is 3.99. The van der Waals surface area contributed by atoms with E-state index in [9.17, 15) is 14.9 Å². The number of para-hydroxylation sites is 1. The largest absolute Gasteiger partial charge is 0.490 e. The molecular weight excluding hydrogens is 452 g/mol. The monoisotopic (exact) mass is 472 g/mol. The van der Waals surface area contributed by atoms with Gasteiger partial charge in [0.25, 0.3) is 5.91 Å². The van der Waals surface area contributed by atoms with Crippen molar-refractivity contribution in [2.75, 3.05) is 25.6 Å². The van der Waals surface area contributed by atoms with Crippen molar-refractivity contribution >= 4 is 39.6 Å². The van der Waals surface area contributed by atoms with E-state index in [2.05, 4.69) is 26.0 Å².